The van der Waals surface area contributed by atoms with Crippen molar-refractivity contribution in [1.29, 1.82) is 0 Å². The van der Waals surface area contributed by atoms with Crippen LogP contribution < -0.4 is 31.8 Å². The monoisotopic (exact) mass is 917 g/mol. The minimum atomic E-state index is -1.81. The van der Waals surface area contributed by atoms with Gasteiger partial charge in [0.15, 0.2) is 12.4 Å². The molecule has 1 aromatic rings. The van der Waals surface area contributed by atoms with Gasteiger partial charge in [0, 0.05) is 45.1 Å². The van der Waals surface area contributed by atoms with E-state index in [1.807, 2.05) is 12.1 Å². The summed E-state index contributed by atoms with van der Waals surface area (Å²) in [5.41, 5.74) is 11.1. The molecule has 0 aromatic heterocycles. The molecule has 14 atom stereocenters. The van der Waals surface area contributed by atoms with Crippen LogP contribution in [0.1, 0.15) is 108 Å². The third-order valence-electron chi connectivity index (χ3n) is 13.8. The maximum absolute atomic E-state index is 13.2. The smallest absolute Gasteiger partial charge is 0.311 e. The van der Waals surface area contributed by atoms with Gasteiger partial charge in [0.2, 0.25) is 23.6 Å². The Morgan fingerprint density at radius 1 is 0.831 bits per heavy atom. The van der Waals surface area contributed by atoms with E-state index in [-0.39, 0.29) is 43.9 Å². The maximum Gasteiger partial charge on any atom is 0.311 e. The Balaban J connectivity index is 0.865. The van der Waals surface area contributed by atoms with E-state index < -0.39 is 103 Å². The average Bonchev–Trinajstić information content (AvgIpc) is 3.59. The number of aryl methyl sites for hydroxylation is 1. The molecule has 4 fully saturated rings. The molecule has 2 saturated heterocycles. The first-order valence-corrected chi connectivity index (χ1v) is 22.4. The number of ether oxygens (including phenoxy) is 5. The van der Waals surface area contributed by atoms with Crippen molar-refractivity contribution in [2.45, 2.75) is 165 Å². The highest BCUT2D eigenvalue weighted by Gasteiger charge is 2.55. The zero-order valence-electron chi connectivity index (χ0n) is 37.1. The van der Waals surface area contributed by atoms with E-state index in [2.05, 4.69) is 33.9 Å². The zero-order chi connectivity index (χ0) is 47.2. The normalized spacial score (nSPS) is 33.9. The van der Waals surface area contributed by atoms with Gasteiger partial charge in [0.05, 0.1) is 25.2 Å². The lowest BCUT2D eigenvalue weighted by Gasteiger charge is -2.48. The number of Topliss-reactive ketones (excluding diaryl/α,β-unsaturated/α-hetero) is 1. The van der Waals surface area contributed by atoms with E-state index in [1.165, 1.54) is 12.5 Å². The van der Waals surface area contributed by atoms with Crippen molar-refractivity contribution in [3.8, 4) is 5.75 Å². The quantitative estimate of drug-likeness (QED) is 0.0448. The molecule has 0 radical (unpaired) electrons. The molecule has 21 heteroatoms. The van der Waals surface area contributed by atoms with Gasteiger partial charge in [-0.05, 0) is 92.9 Å². The van der Waals surface area contributed by atoms with Crippen molar-refractivity contribution < 1.29 is 77.7 Å². The number of hydrogen-bond acceptors (Lipinski definition) is 16. The second kappa shape index (κ2) is 21.8. The molecule has 5 amide bonds. The number of hydrazine groups is 2. The van der Waals surface area contributed by atoms with Crippen LogP contribution in [0.4, 0.5) is 0 Å². The first-order valence-electron chi connectivity index (χ1n) is 22.4. The highest BCUT2D eigenvalue weighted by atomic mass is 16.7. The van der Waals surface area contributed by atoms with Crippen molar-refractivity contribution >= 4 is 41.3 Å². The number of esters is 1. The number of rotatable bonds is 15. The molecule has 3 aliphatic carbocycles. The van der Waals surface area contributed by atoms with Crippen molar-refractivity contribution in [2.24, 2.45) is 17.3 Å². The fourth-order valence-corrected chi connectivity index (χ4v) is 10.4. The fraction of sp³-hybridized carbons (Fsp3) is 0.705. The van der Waals surface area contributed by atoms with Crippen molar-refractivity contribution in [1.82, 2.24) is 27.0 Å². The molecular weight excluding hydrogens is 855 g/mol. The molecule has 2 aliphatic heterocycles. The SMILES string of the molecule is COC1C(C(=O)NNC(=O)CCCCC(=O)NNC(=O)CCC(=O)Oc2ccc3c(c2)CC[C@@H]2[C@@H]3CC[C@]3(C)C(=O)CC[C@@H]23)OC(OC2C(O)C(CO)OC(C)C2NC(C)=O)C(O)C1O. The molecule has 0 spiro atoms. The van der Waals surface area contributed by atoms with Crippen LogP contribution in [-0.4, -0.2) is 137 Å². The number of amides is 5. The van der Waals surface area contributed by atoms with Gasteiger partial charge in [0.25, 0.3) is 5.91 Å². The third-order valence-corrected chi connectivity index (χ3v) is 13.8. The molecule has 21 nitrogen and oxygen atoms in total. The number of fused-ring (bicyclic) bond motifs is 5. The Morgan fingerprint density at radius 2 is 1.51 bits per heavy atom. The largest absolute Gasteiger partial charge is 0.427 e. The van der Waals surface area contributed by atoms with Crippen LogP contribution >= 0.6 is 0 Å². The molecule has 1 aromatic carbocycles. The van der Waals surface area contributed by atoms with Crippen LogP contribution in [0.25, 0.3) is 0 Å². The van der Waals surface area contributed by atoms with Gasteiger partial charge in [-0.3, -0.25) is 55.3 Å². The zero-order valence-corrected chi connectivity index (χ0v) is 37.1. The highest BCUT2D eigenvalue weighted by molar-refractivity contribution is 5.87. The Labute approximate surface area is 376 Å². The summed E-state index contributed by atoms with van der Waals surface area (Å²) in [6.07, 6.45) is -8.01. The maximum atomic E-state index is 13.2. The number of aliphatic hydroxyl groups excluding tert-OH is 4. The Morgan fingerprint density at radius 3 is 2.17 bits per heavy atom. The minimum absolute atomic E-state index is 0.0601. The van der Waals surface area contributed by atoms with Crippen LogP contribution in [0.5, 0.6) is 5.75 Å². The number of ketones is 1. The van der Waals surface area contributed by atoms with E-state index in [4.69, 9.17) is 23.7 Å². The number of benzene rings is 1. The van der Waals surface area contributed by atoms with Crippen LogP contribution in [0.2, 0.25) is 0 Å². The first kappa shape index (κ1) is 49.8. The molecule has 6 rings (SSSR count). The molecule has 0 bridgehead atoms. The Bertz CT molecular complexity index is 1940. The molecular formula is C44H63N5O16. The lowest BCUT2D eigenvalue weighted by molar-refractivity contribution is -0.325. The third kappa shape index (κ3) is 11.5. The number of carbonyl (C=O) groups excluding carboxylic acids is 7. The van der Waals surface area contributed by atoms with Gasteiger partial charge in [-0.15, -0.1) is 0 Å². The van der Waals surface area contributed by atoms with Crippen LogP contribution in [-0.2, 0) is 58.9 Å². The fourth-order valence-electron chi connectivity index (χ4n) is 10.4. The van der Waals surface area contributed by atoms with Gasteiger partial charge in [0.1, 0.15) is 48.2 Å². The van der Waals surface area contributed by atoms with Gasteiger partial charge in [-0.1, -0.05) is 13.0 Å². The number of aliphatic hydroxyl groups is 4. The molecule has 5 aliphatic rings. The van der Waals surface area contributed by atoms with Gasteiger partial charge >= 0.3 is 5.97 Å². The molecule has 360 valence electrons. The summed E-state index contributed by atoms with van der Waals surface area (Å²) in [7, 11) is 1.15. The average molecular weight is 918 g/mol. The summed E-state index contributed by atoms with van der Waals surface area (Å²) in [6, 6.07) is 4.72. The summed E-state index contributed by atoms with van der Waals surface area (Å²) in [5, 5.41) is 44.8. The molecule has 2 saturated carbocycles. The number of carbonyl (C=O) groups is 7. The van der Waals surface area contributed by atoms with Crippen LogP contribution in [0.15, 0.2) is 18.2 Å². The van der Waals surface area contributed by atoms with E-state index in [9.17, 15) is 54.0 Å². The number of nitrogens with one attached hydrogen (secondary N) is 5. The van der Waals surface area contributed by atoms with Gasteiger partial charge < -0.3 is 49.4 Å². The number of methoxy groups -OCH3 is 1. The first-order chi connectivity index (χ1) is 30.9. The lowest BCUT2D eigenvalue weighted by atomic mass is 9.55. The molecule has 65 heavy (non-hydrogen) atoms. The summed E-state index contributed by atoms with van der Waals surface area (Å²) in [6.45, 7) is 4.33. The number of unbranched alkanes of at least 4 members (excludes halogenated alkanes) is 1. The second-order valence-corrected chi connectivity index (χ2v) is 18.0. The van der Waals surface area contributed by atoms with Crippen LogP contribution in [0.3, 0.4) is 0 Å². The van der Waals surface area contributed by atoms with E-state index in [0.29, 0.717) is 35.7 Å². The van der Waals surface area contributed by atoms with E-state index >= 15 is 0 Å². The van der Waals surface area contributed by atoms with E-state index in [1.54, 1.807) is 13.0 Å². The summed E-state index contributed by atoms with van der Waals surface area (Å²) in [4.78, 5) is 87.5. The summed E-state index contributed by atoms with van der Waals surface area (Å²) >= 11 is 0. The predicted octanol–water partition coefficient (Wildman–Crippen LogP) is -0.855. The van der Waals surface area contributed by atoms with Crippen molar-refractivity contribution in [3.05, 3.63) is 29.3 Å². The lowest BCUT2D eigenvalue weighted by Crippen LogP contribution is -2.68. The molecule has 9 N–H and O–H groups in total. The predicted molar refractivity (Wildman–Crippen MR) is 223 cm³/mol. The summed E-state index contributed by atoms with van der Waals surface area (Å²) in [5.74, 6) is -1.75. The van der Waals surface area contributed by atoms with Crippen molar-refractivity contribution in [3.63, 3.8) is 0 Å². The standard InChI is InChI=1S/C44H63N5O16/c1-21-35(45-22(2)51)39(36(57)29(20-50)62-21)64-43-38(59)37(58)40(61-4)41(65-43)42(60)49-48-32(54)8-6-5-7-31(53)46-47-33(55)15-16-34(56)63-24-10-12-25-23(19-24)9-11-27-26(25)17-18-44(3)28(27)13-14-30(44)52/h10,12,19,21,26-29,35-41,43,50,57-59H,5-9,11,13-18,20H2,1-4H3,(H,45,51)(H,46,53)(H,47,55)(H,48,54)(H,49,60)/t21?,26-,27-,28+,29?,35?,36?,37?,38?,39?,40?,41?,43?,44+/m1/s1. The minimum Gasteiger partial charge on any atom is -0.427 e. The highest BCUT2D eigenvalue weighted by Crippen LogP contribution is 2.59. The van der Waals surface area contributed by atoms with Gasteiger partial charge in [-0.25, -0.2) is 0 Å². The molecule has 10 unspecified atom stereocenters. The Kier molecular flexibility index (Phi) is 16.7. The number of hydrogen-bond donors (Lipinski definition) is 9. The van der Waals surface area contributed by atoms with E-state index in [0.717, 1.165) is 44.8 Å². The van der Waals surface area contributed by atoms with Crippen LogP contribution in [0, 0.1) is 17.3 Å². The van der Waals surface area contributed by atoms with Crippen molar-refractivity contribution in [2.75, 3.05) is 13.7 Å². The topological polar surface area (TPSA) is 307 Å². The summed E-state index contributed by atoms with van der Waals surface area (Å²) < 4.78 is 27.8. The molecule has 2 heterocycles. The second-order valence-electron chi connectivity index (χ2n) is 18.0. The van der Waals surface area contributed by atoms with Gasteiger partial charge in [-0.2, -0.15) is 0 Å². The Hall–Kier alpha value is -4.61.